The van der Waals surface area contributed by atoms with E-state index in [1.165, 1.54) is 0 Å². The van der Waals surface area contributed by atoms with Crippen LogP contribution in [0.4, 0.5) is 4.79 Å². The van der Waals surface area contributed by atoms with Gasteiger partial charge in [0.15, 0.2) is 0 Å². The van der Waals surface area contributed by atoms with E-state index in [4.69, 9.17) is 10.5 Å². The van der Waals surface area contributed by atoms with Crippen molar-refractivity contribution in [1.29, 1.82) is 0 Å². The first-order valence-corrected chi connectivity index (χ1v) is 7.12. The summed E-state index contributed by atoms with van der Waals surface area (Å²) in [5.41, 5.74) is 5.21. The van der Waals surface area contributed by atoms with Gasteiger partial charge in [0, 0.05) is 12.6 Å². The van der Waals surface area contributed by atoms with Gasteiger partial charge in [0.25, 0.3) is 0 Å². The standard InChI is InChI=1S/C14H31N3O2/c1-7-10(2)8-12(9-16-11(3)15)17-13(18)19-14(4,5)6/h10-12,16H,7-9,15H2,1-6H3,(H,17,18). The van der Waals surface area contributed by atoms with E-state index in [1.807, 2.05) is 27.7 Å². The molecule has 0 aliphatic carbocycles. The van der Waals surface area contributed by atoms with E-state index < -0.39 is 5.60 Å². The third-order valence-corrected chi connectivity index (χ3v) is 2.79. The van der Waals surface area contributed by atoms with Gasteiger partial charge < -0.3 is 21.1 Å². The normalized spacial score (nSPS) is 16.6. The molecule has 0 radical (unpaired) electrons. The first-order chi connectivity index (χ1) is 8.64. The van der Waals surface area contributed by atoms with E-state index in [-0.39, 0.29) is 18.3 Å². The van der Waals surface area contributed by atoms with Crippen molar-refractivity contribution in [1.82, 2.24) is 10.6 Å². The molecule has 4 N–H and O–H groups in total. The number of nitrogens with one attached hydrogen (secondary N) is 2. The van der Waals surface area contributed by atoms with Gasteiger partial charge in [0.05, 0.1) is 6.17 Å². The van der Waals surface area contributed by atoms with E-state index in [2.05, 4.69) is 24.5 Å². The van der Waals surface area contributed by atoms with Crippen LogP contribution in [0.3, 0.4) is 0 Å². The van der Waals surface area contributed by atoms with Crippen molar-refractivity contribution in [3.8, 4) is 0 Å². The maximum absolute atomic E-state index is 11.8. The SMILES string of the molecule is CCC(C)CC(CNC(C)N)NC(=O)OC(C)(C)C. The van der Waals surface area contributed by atoms with Crippen molar-refractivity contribution in [2.75, 3.05) is 6.54 Å². The van der Waals surface area contributed by atoms with Gasteiger partial charge in [-0.05, 0) is 40.0 Å². The predicted octanol–water partition coefficient (Wildman–Crippen LogP) is 2.21. The van der Waals surface area contributed by atoms with Crippen LogP contribution in [0.5, 0.6) is 0 Å². The second-order valence-corrected chi connectivity index (χ2v) is 6.29. The Bertz CT molecular complexity index is 262. The van der Waals surface area contributed by atoms with E-state index in [1.54, 1.807) is 0 Å². The number of rotatable bonds is 7. The Morgan fingerprint density at radius 1 is 1.32 bits per heavy atom. The topological polar surface area (TPSA) is 76.4 Å². The summed E-state index contributed by atoms with van der Waals surface area (Å²) in [6.07, 6.45) is 1.55. The molecule has 0 saturated carbocycles. The Hall–Kier alpha value is -0.810. The molecule has 5 heteroatoms. The monoisotopic (exact) mass is 273 g/mol. The summed E-state index contributed by atoms with van der Waals surface area (Å²) in [4.78, 5) is 11.8. The summed E-state index contributed by atoms with van der Waals surface area (Å²) in [5.74, 6) is 0.551. The van der Waals surface area contributed by atoms with Gasteiger partial charge in [-0.3, -0.25) is 0 Å². The minimum absolute atomic E-state index is 0.0378. The Kier molecular flexibility index (Phi) is 8.02. The zero-order valence-electron chi connectivity index (χ0n) is 13.2. The van der Waals surface area contributed by atoms with Crippen LogP contribution in [0.2, 0.25) is 0 Å². The van der Waals surface area contributed by atoms with E-state index in [0.717, 1.165) is 12.8 Å². The maximum atomic E-state index is 11.8. The van der Waals surface area contributed by atoms with Crippen LogP contribution >= 0.6 is 0 Å². The Balaban J connectivity index is 4.35. The number of carbonyl (C=O) groups excluding carboxylic acids is 1. The molecule has 1 amide bonds. The van der Waals surface area contributed by atoms with Crippen LogP contribution in [0, 0.1) is 5.92 Å². The van der Waals surface area contributed by atoms with Crippen LogP contribution in [0.15, 0.2) is 0 Å². The van der Waals surface area contributed by atoms with E-state index in [0.29, 0.717) is 12.5 Å². The van der Waals surface area contributed by atoms with Crippen LogP contribution in [0.25, 0.3) is 0 Å². The van der Waals surface area contributed by atoms with Crippen molar-refractivity contribution in [2.45, 2.75) is 72.2 Å². The van der Waals surface area contributed by atoms with Gasteiger partial charge in [-0.1, -0.05) is 20.3 Å². The first-order valence-electron chi connectivity index (χ1n) is 7.12. The molecule has 0 aromatic carbocycles. The Morgan fingerprint density at radius 3 is 2.32 bits per heavy atom. The minimum Gasteiger partial charge on any atom is -0.444 e. The summed E-state index contributed by atoms with van der Waals surface area (Å²) >= 11 is 0. The summed E-state index contributed by atoms with van der Waals surface area (Å²) in [6, 6.07) is 0.0378. The molecule has 114 valence electrons. The minimum atomic E-state index is -0.473. The molecular formula is C14H31N3O2. The number of amides is 1. The van der Waals surface area contributed by atoms with Crippen LogP contribution in [-0.4, -0.2) is 30.4 Å². The largest absolute Gasteiger partial charge is 0.444 e. The third kappa shape index (κ3) is 10.8. The fraction of sp³-hybridized carbons (Fsp3) is 0.929. The lowest BCUT2D eigenvalue weighted by atomic mass is 9.99. The zero-order chi connectivity index (χ0) is 15.1. The van der Waals surface area contributed by atoms with Crippen molar-refractivity contribution in [3.05, 3.63) is 0 Å². The summed E-state index contributed by atoms with van der Waals surface area (Å²) in [7, 11) is 0. The molecule has 0 aromatic heterocycles. The van der Waals surface area contributed by atoms with Crippen LogP contribution < -0.4 is 16.4 Å². The number of ether oxygens (including phenoxy) is 1. The van der Waals surface area contributed by atoms with Gasteiger partial charge in [-0.25, -0.2) is 4.79 Å². The summed E-state index contributed by atoms with van der Waals surface area (Å²) in [6.45, 7) is 12.4. The fourth-order valence-electron chi connectivity index (χ4n) is 1.65. The van der Waals surface area contributed by atoms with Crippen LogP contribution in [0.1, 0.15) is 54.4 Å². The molecule has 0 spiro atoms. The quantitative estimate of drug-likeness (QED) is 0.622. The molecule has 0 saturated heterocycles. The number of carbonyl (C=O) groups is 1. The predicted molar refractivity (Wildman–Crippen MR) is 78.9 cm³/mol. The molecule has 0 bridgehead atoms. The molecular weight excluding hydrogens is 242 g/mol. The van der Waals surface area contributed by atoms with Gasteiger partial charge in [-0.2, -0.15) is 0 Å². The lowest BCUT2D eigenvalue weighted by molar-refractivity contribution is 0.0496. The maximum Gasteiger partial charge on any atom is 0.407 e. The molecule has 0 fully saturated rings. The second-order valence-electron chi connectivity index (χ2n) is 6.29. The van der Waals surface area contributed by atoms with E-state index in [9.17, 15) is 4.79 Å². The fourth-order valence-corrected chi connectivity index (χ4v) is 1.65. The highest BCUT2D eigenvalue weighted by Gasteiger charge is 2.20. The van der Waals surface area contributed by atoms with Crippen molar-refractivity contribution >= 4 is 6.09 Å². The zero-order valence-corrected chi connectivity index (χ0v) is 13.2. The molecule has 0 aliphatic heterocycles. The van der Waals surface area contributed by atoms with Gasteiger partial charge in [-0.15, -0.1) is 0 Å². The van der Waals surface area contributed by atoms with E-state index >= 15 is 0 Å². The molecule has 0 aromatic rings. The Morgan fingerprint density at radius 2 is 1.89 bits per heavy atom. The Labute approximate surface area is 117 Å². The molecule has 5 nitrogen and oxygen atoms in total. The lowest BCUT2D eigenvalue weighted by Gasteiger charge is -2.26. The van der Waals surface area contributed by atoms with Crippen molar-refractivity contribution in [3.63, 3.8) is 0 Å². The number of hydrogen-bond donors (Lipinski definition) is 3. The van der Waals surface area contributed by atoms with Gasteiger partial charge >= 0.3 is 6.09 Å². The average molecular weight is 273 g/mol. The second kappa shape index (κ2) is 8.38. The number of nitrogens with two attached hydrogens (primary N) is 1. The molecule has 3 unspecified atom stereocenters. The highest BCUT2D eigenvalue weighted by atomic mass is 16.6. The number of alkyl carbamates (subject to hydrolysis) is 1. The molecule has 0 aliphatic rings. The summed E-state index contributed by atoms with van der Waals surface area (Å²) in [5, 5.41) is 6.07. The van der Waals surface area contributed by atoms with Crippen LogP contribution in [-0.2, 0) is 4.74 Å². The molecule has 0 rings (SSSR count). The lowest BCUT2D eigenvalue weighted by Crippen LogP contribution is -2.48. The number of hydrogen-bond acceptors (Lipinski definition) is 4. The highest BCUT2D eigenvalue weighted by Crippen LogP contribution is 2.11. The summed E-state index contributed by atoms with van der Waals surface area (Å²) < 4.78 is 5.28. The highest BCUT2D eigenvalue weighted by molar-refractivity contribution is 5.68. The molecule has 3 atom stereocenters. The van der Waals surface area contributed by atoms with Crippen molar-refractivity contribution in [2.24, 2.45) is 11.7 Å². The smallest absolute Gasteiger partial charge is 0.407 e. The van der Waals surface area contributed by atoms with Gasteiger partial charge in [0.1, 0.15) is 5.60 Å². The third-order valence-electron chi connectivity index (χ3n) is 2.79. The molecule has 19 heavy (non-hydrogen) atoms. The molecule has 0 heterocycles. The van der Waals surface area contributed by atoms with Gasteiger partial charge in [0.2, 0.25) is 0 Å². The average Bonchev–Trinajstić information content (AvgIpc) is 2.22. The van der Waals surface area contributed by atoms with Crippen molar-refractivity contribution < 1.29 is 9.53 Å². The first kappa shape index (κ1) is 18.2.